The molecule has 2 fully saturated rings. The number of fused-ring (bicyclic) bond motifs is 1. The van der Waals surface area contributed by atoms with Gasteiger partial charge in [-0.1, -0.05) is 12.2 Å². The third-order valence-corrected chi connectivity index (χ3v) is 4.03. The van der Waals surface area contributed by atoms with Crippen LogP contribution in [-0.4, -0.2) is 41.1 Å². The molecule has 0 aromatic heterocycles. The number of rotatable bonds is 2. The van der Waals surface area contributed by atoms with Crippen molar-refractivity contribution in [3.05, 3.63) is 12.2 Å². The quantitative estimate of drug-likeness (QED) is 0.572. The van der Waals surface area contributed by atoms with Crippen LogP contribution in [0.4, 0.5) is 0 Å². The maximum atomic E-state index is 12.2. The second-order valence-electron chi connectivity index (χ2n) is 5.28. The average molecular weight is 236 g/mol. The highest BCUT2D eigenvalue weighted by atomic mass is 16.5. The molecule has 3 rings (SSSR count). The molecule has 17 heavy (non-hydrogen) atoms. The van der Waals surface area contributed by atoms with Crippen LogP contribution in [0.3, 0.4) is 0 Å². The summed E-state index contributed by atoms with van der Waals surface area (Å²) in [6.07, 6.45) is 3.10. The van der Waals surface area contributed by atoms with Crippen molar-refractivity contribution in [2.24, 2.45) is 11.8 Å². The maximum absolute atomic E-state index is 12.2. The average Bonchev–Trinajstić information content (AvgIpc) is 2.86. The molecule has 2 saturated heterocycles. The van der Waals surface area contributed by atoms with Crippen LogP contribution in [0.5, 0.6) is 0 Å². The molecule has 3 aliphatic heterocycles. The lowest BCUT2D eigenvalue weighted by molar-refractivity contribution is -0.313. The molecule has 3 aliphatic rings. The van der Waals surface area contributed by atoms with Gasteiger partial charge >= 0.3 is 0 Å². The molecule has 3 heterocycles. The molecule has 5 nitrogen and oxygen atoms in total. The minimum atomic E-state index is -1.19. The Balaban J connectivity index is 2.01. The molecule has 0 aromatic carbocycles. The van der Waals surface area contributed by atoms with E-state index in [4.69, 9.17) is 4.74 Å². The van der Waals surface area contributed by atoms with E-state index in [2.05, 4.69) is 0 Å². The van der Waals surface area contributed by atoms with Gasteiger partial charge in [-0.05, 0) is 13.8 Å². The number of carbonyl (C=O) groups is 2. The third kappa shape index (κ3) is 1.17. The Bertz CT molecular complexity index is 430. The zero-order valence-electron chi connectivity index (χ0n) is 9.75. The van der Waals surface area contributed by atoms with E-state index in [1.807, 2.05) is 19.9 Å². The van der Waals surface area contributed by atoms with E-state index in [1.165, 1.54) is 0 Å². The fraction of sp³-hybridized carbons (Fsp3) is 0.667. The summed E-state index contributed by atoms with van der Waals surface area (Å²) >= 11 is 0. The highest BCUT2D eigenvalue weighted by molar-refractivity contribution is 5.90. The van der Waals surface area contributed by atoms with E-state index < -0.39 is 29.5 Å². The number of hydrogen-bond acceptors (Lipinski definition) is 4. The van der Waals surface area contributed by atoms with Crippen LogP contribution >= 0.6 is 0 Å². The minimum Gasteiger partial charge on any atom is -0.550 e. The van der Waals surface area contributed by atoms with Gasteiger partial charge < -0.3 is 19.5 Å². The first kappa shape index (κ1) is 10.8. The van der Waals surface area contributed by atoms with Crippen LogP contribution < -0.4 is 5.11 Å². The zero-order valence-corrected chi connectivity index (χ0v) is 9.75. The van der Waals surface area contributed by atoms with Gasteiger partial charge in [0.2, 0.25) is 5.91 Å². The number of hydrogen-bond donors (Lipinski definition) is 0. The van der Waals surface area contributed by atoms with Crippen LogP contribution in [0.25, 0.3) is 0 Å². The molecule has 5 heteroatoms. The van der Waals surface area contributed by atoms with Gasteiger partial charge in [-0.3, -0.25) is 4.79 Å². The number of likely N-dealkylation sites (tertiary alicyclic amines) is 1. The van der Waals surface area contributed by atoms with Crippen molar-refractivity contribution in [3.8, 4) is 0 Å². The zero-order chi connectivity index (χ0) is 12.4. The molecular formula is C12H14NO4-. The first-order valence-corrected chi connectivity index (χ1v) is 5.85. The Morgan fingerprint density at radius 1 is 1.65 bits per heavy atom. The van der Waals surface area contributed by atoms with Crippen LogP contribution in [0.1, 0.15) is 13.8 Å². The summed E-state index contributed by atoms with van der Waals surface area (Å²) in [5.74, 6) is -2.76. The number of carbonyl (C=O) groups excluding carboxylic acids is 2. The first-order chi connectivity index (χ1) is 7.96. The smallest absolute Gasteiger partial charge is 0.230 e. The number of carboxylic acids is 1. The van der Waals surface area contributed by atoms with Gasteiger partial charge in [0.25, 0.3) is 0 Å². The fourth-order valence-corrected chi connectivity index (χ4v) is 3.23. The lowest BCUT2D eigenvalue weighted by Gasteiger charge is -2.25. The molecule has 4 atom stereocenters. The molecule has 2 bridgehead atoms. The number of amides is 1. The molecule has 0 radical (unpaired) electrons. The fourth-order valence-electron chi connectivity index (χ4n) is 3.23. The Labute approximate surface area is 99.0 Å². The largest absolute Gasteiger partial charge is 0.550 e. The molecule has 0 N–H and O–H groups in total. The van der Waals surface area contributed by atoms with E-state index in [-0.39, 0.29) is 11.9 Å². The first-order valence-electron chi connectivity index (χ1n) is 5.85. The van der Waals surface area contributed by atoms with E-state index >= 15 is 0 Å². The monoisotopic (exact) mass is 236 g/mol. The number of ether oxygens (including phenoxy) is 1. The van der Waals surface area contributed by atoms with Crippen molar-refractivity contribution in [2.75, 3.05) is 6.54 Å². The Hall–Kier alpha value is -1.36. The van der Waals surface area contributed by atoms with Crippen molar-refractivity contribution in [3.63, 3.8) is 0 Å². The summed E-state index contributed by atoms with van der Waals surface area (Å²) in [6.45, 7) is 4.28. The van der Waals surface area contributed by atoms with E-state index in [0.717, 1.165) is 0 Å². The van der Waals surface area contributed by atoms with Gasteiger partial charge in [0, 0.05) is 17.9 Å². The lowest BCUT2D eigenvalue weighted by atomic mass is 9.77. The summed E-state index contributed by atoms with van der Waals surface area (Å²) in [6, 6.07) is 0.0564. The highest BCUT2D eigenvalue weighted by Gasteiger charge is 2.65. The Morgan fingerprint density at radius 2 is 2.35 bits per heavy atom. The molecule has 92 valence electrons. The van der Waals surface area contributed by atoms with Gasteiger partial charge in [0.1, 0.15) is 5.60 Å². The predicted molar refractivity (Wildman–Crippen MR) is 55.6 cm³/mol. The number of nitrogens with zero attached hydrogens (tertiary/aromatic N) is 1. The van der Waals surface area contributed by atoms with Gasteiger partial charge in [0.15, 0.2) is 0 Å². The molecule has 0 aliphatic carbocycles. The second kappa shape index (κ2) is 3.10. The number of carboxylic acid groups (broad SMARTS) is 1. The van der Waals surface area contributed by atoms with Gasteiger partial charge in [-0.15, -0.1) is 0 Å². The molecule has 0 aromatic rings. The van der Waals surface area contributed by atoms with Gasteiger partial charge in [0.05, 0.1) is 18.6 Å². The van der Waals surface area contributed by atoms with Crippen molar-refractivity contribution in [2.45, 2.75) is 31.6 Å². The predicted octanol–water partition coefficient (Wildman–Crippen LogP) is -1.07. The van der Waals surface area contributed by atoms with E-state index in [1.54, 1.807) is 11.0 Å². The summed E-state index contributed by atoms with van der Waals surface area (Å²) in [4.78, 5) is 25.1. The lowest BCUT2D eigenvalue weighted by Crippen LogP contribution is -2.45. The summed E-state index contributed by atoms with van der Waals surface area (Å²) in [5.41, 5.74) is -0.725. The normalized spacial score (nSPS) is 42.6. The van der Waals surface area contributed by atoms with Crippen molar-refractivity contribution in [1.82, 2.24) is 4.90 Å². The van der Waals surface area contributed by atoms with Crippen molar-refractivity contribution in [1.29, 1.82) is 0 Å². The number of aliphatic carboxylic acids is 1. The van der Waals surface area contributed by atoms with E-state index in [9.17, 15) is 14.7 Å². The Kier molecular flexibility index (Phi) is 1.96. The summed E-state index contributed by atoms with van der Waals surface area (Å²) < 4.78 is 5.71. The van der Waals surface area contributed by atoms with Crippen LogP contribution in [0, 0.1) is 11.8 Å². The minimum absolute atomic E-state index is 0.0564. The van der Waals surface area contributed by atoms with Gasteiger partial charge in [-0.25, -0.2) is 0 Å². The van der Waals surface area contributed by atoms with E-state index in [0.29, 0.717) is 6.54 Å². The second-order valence-corrected chi connectivity index (χ2v) is 5.28. The van der Waals surface area contributed by atoms with Gasteiger partial charge in [-0.2, -0.15) is 0 Å². The Morgan fingerprint density at radius 3 is 2.94 bits per heavy atom. The highest BCUT2D eigenvalue weighted by Crippen LogP contribution is 2.51. The van der Waals surface area contributed by atoms with Crippen molar-refractivity contribution < 1.29 is 19.4 Å². The molecular weight excluding hydrogens is 222 g/mol. The van der Waals surface area contributed by atoms with Crippen LogP contribution in [0.2, 0.25) is 0 Å². The summed E-state index contributed by atoms with van der Waals surface area (Å²) in [5, 5.41) is 11.2. The molecule has 0 unspecified atom stereocenters. The summed E-state index contributed by atoms with van der Waals surface area (Å²) in [7, 11) is 0. The van der Waals surface area contributed by atoms with Crippen LogP contribution in [0.15, 0.2) is 12.2 Å². The topological polar surface area (TPSA) is 69.7 Å². The molecule has 1 amide bonds. The third-order valence-electron chi connectivity index (χ3n) is 4.03. The SMILES string of the molecule is CC(C)N1C[C@]23C=C[C@@H](O2)[C@@H](C(=O)[O-])[C@@H]3C1=O. The van der Waals surface area contributed by atoms with Crippen molar-refractivity contribution >= 4 is 11.9 Å². The maximum Gasteiger partial charge on any atom is 0.230 e. The molecule has 1 spiro atoms. The standard InChI is InChI=1S/C12H15NO4/c1-6(2)13-5-12-4-3-7(17-12)8(11(15)16)9(12)10(13)14/h3-4,6-9H,5H2,1-2H3,(H,15,16)/p-1/t7-,8-,9-,12+/m1/s1. The van der Waals surface area contributed by atoms with Crippen LogP contribution in [-0.2, 0) is 14.3 Å². The molecule has 0 saturated carbocycles.